The lowest BCUT2D eigenvalue weighted by Gasteiger charge is -2.16. The molecule has 0 radical (unpaired) electrons. The molecule has 1 aromatic carbocycles. The molecular weight excluding hydrogens is 358 g/mol. The number of halogens is 1. The normalized spacial score (nSPS) is 14.2. The Labute approximate surface area is 162 Å². The maximum atomic E-state index is 6.24. The van der Waals surface area contributed by atoms with Crippen LogP contribution in [0, 0.1) is 0 Å². The van der Waals surface area contributed by atoms with Crippen molar-refractivity contribution >= 4 is 28.5 Å². The predicted molar refractivity (Wildman–Crippen MR) is 109 cm³/mol. The van der Waals surface area contributed by atoms with Gasteiger partial charge in [0.15, 0.2) is 5.65 Å². The summed E-state index contributed by atoms with van der Waals surface area (Å²) in [5.74, 6) is 0.815. The Morgan fingerprint density at radius 3 is 2.52 bits per heavy atom. The second-order valence-electron chi connectivity index (χ2n) is 6.76. The van der Waals surface area contributed by atoms with Crippen molar-refractivity contribution in [3.8, 4) is 22.6 Å². The average Bonchev–Trinajstić information content (AvgIpc) is 3.38. The molecule has 0 unspecified atom stereocenters. The summed E-state index contributed by atoms with van der Waals surface area (Å²) in [6.45, 7) is 2.21. The van der Waals surface area contributed by atoms with Crippen LogP contribution in [-0.4, -0.2) is 33.0 Å². The first-order chi connectivity index (χ1) is 13.3. The van der Waals surface area contributed by atoms with Crippen LogP contribution in [0.15, 0.2) is 54.9 Å². The van der Waals surface area contributed by atoms with E-state index in [4.69, 9.17) is 11.6 Å². The third-order valence-corrected chi connectivity index (χ3v) is 5.29. The number of hydrogen-bond acceptors (Lipinski definition) is 4. The highest BCUT2D eigenvalue weighted by Crippen LogP contribution is 2.28. The Morgan fingerprint density at radius 1 is 0.963 bits per heavy atom. The van der Waals surface area contributed by atoms with E-state index in [2.05, 4.69) is 30.9 Å². The fraction of sp³-hybridized carbons (Fsp3) is 0.190. The second kappa shape index (κ2) is 6.67. The molecule has 4 aromatic rings. The van der Waals surface area contributed by atoms with Gasteiger partial charge in [-0.05, 0) is 31.0 Å². The van der Waals surface area contributed by atoms with Crippen LogP contribution in [0.5, 0.6) is 0 Å². The van der Waals surface area contributed by atoms with E-state index in [0.29, 0.717) is 5.02 Å². The van der Waals surface area contributed by atoms with Crippen LogP contribution in [0.25, 0.3) is 33.8 Å². The summed E-state index contributed by atoms with van der Waals surface area (Å²) >= 11 is 6.24. The molecular formula is C21H18ClN5. The Morgan fingerprint density at radius 2 is 1.74 bits per heavy atom. The summed E-state index contributed by atoms with van der Waals surface area (Å²) in [6.07, 6.45) is 6.17. The highest BCUT2D eigenvalue weighted by molar-refractivity contribution is 6.33. The largest absolute Gasteiger partial charge is 0.370 e. The minimum absolute atomic E-state index is 0.646. The lowest BCUT2D eigenvalue weighted by Crippen LogP contribution is -2.17. The van der Waals surface area contributed by atoms with Crippen molar-refractivity contribution < 1.29 is 0 Å². The van der Waals surface area contributed by atoms with Crippen LogP contribution in [0.1, 0.15) is 12.8 Å². The van der Waals surface area contributed by atoms with Gasteiger partial charge in [-0.2, -0.15) is 0 Å². The third kappa shape index (κ3) is 3.04. The number of fused-ring (bicyclic) bond motifs is 1. The van der Waals surface area contributed by atoms with Crippen LogP contribution < -0.4 is 4.90 Å². The number of nitrogens with zero attached hydrogens (tertiary/aromatic N) is 4. The first kappa shape index (κ1) is 16.3. The molecule has 0 bridgehead atoms. The number of aromatic nitrogens is 4. The monoisotopic (exact) mass is 375 g/mol. The highest BCUT2D eigenvalue weighted by atomic mass is 35.5. The zero-order chi connectivity index (χ0) is 18.2. The number of nitrogens with one attached hydrogen (secondary N) is 1. The summed E-state index contributed by atoms with van der Waals surface area (Å²) in [5, 5.41) is 0.646. The molecule has 0 aliphatic carbocycles. The number of hydrogen-bond donors (Lipinski definition) is 1. The molecule has 0 atom stereocenters. The summed E-state index contributed by atoms with van der Waals surface area (Å²) in [6, 6.07) is 13.9. The molecule has 4 heterocycles. The Kier molecular flexibility index (Phi) is 4.02. The standard InChI is InChI=1S/C21H18ClN5/c22-17-4-3-9-23-19(17)14-5-7-15(8-6-14)20-25-18-12-16(13-24-21(18)26-20)27-10-1-2-11-27/h3-9,12-13H,1-2,10-11H2,(H,24,25,26). The number of H-pyrrole nitrogens is 1. The highest BCUT2D eigenvalue weighted by Gasteiger charge is 2.15. The second-order valence-corrected chi connectivity index (χ2v) is 7.16. The van der Waals surface area contributed by atoms with Crippen molar-refractivity contribution in [3.63, 3.8) is 0 Å². The van der Waals surface area contributed by atoms with Crippen LogP contribution >= 0.6 is 11.6 Å². The maximum absolute atomic E-state index is 6.24. The van der Waals surface area contributed by atoms with Gasteiger partial charge in [-0.25, -0.2) is 9.97 Å². The van der Waals surface area contributed by atoms with Gasteiger partial charge < -0.3 is 9.88 Å². The van der Waals surface area contributed by atoms with E-state index in [0.717, 1.165) is 52.6 Å². The molecule has 0 spiro atoms. The van der Waals surface area contributed by atoms with E-state index in [1.165, 1.54) is 12.8 Å². The van der Waals surface area contributed by atoms with E-state index in [1.54, 1.807) is 6.20 Å². The van der Waals surface area contributed by atoms with Gasteiger partial charge in [-0.15, -0.1) is 0 Å². The van der Waals surface area contributed by atoms with Crippen molar-refractivity contribution in [2.24, 2.45) is 0 Å². The maximum Gasteiger partial charge on any atom is 0.178 e. The third-order valence-electron chi connectivity index (χ3n) is 4.98. The summed E-state index contributed by atoms with van der Waals surface area (Å²) in [5.41, 5.74) is 5.64. The first-order valence-electron chi connectivity index (χ1n) is 9.10. The molecule has 1 N–H and O–H groups in total. The van der Waals surface area contributed by atoms with Crippen molar-refractivity contribution in [1.29, 1.82) is 0 Å². The van der Waals surface area contributed by atoms with Gasteiger partial charge >= 0.3 is 0 Å². The van der Waals surface area contributed by atoms with Crippen molar-refractivity contribution in [1.82, 2.24) is 19.9 Å². The predicted octanol–water partition coefficient (Wildman–Crippen LogP) is 4.94. The Bertz CT molecular complexity index is 1100. The minimum atomic E-state index is 0.646. The lowest BCUT2D eigenvalue weighted by atomic mass is 10.1. The molecule has 5 nitrogen and oxygen atoms in total. The van der Waals surface area contributed by atoms with Gasteiger partial charge in [0.1, 0.15) is 5.82 Å². The van der Waals surface area contributed by atoms with E-state index in [-0.39, 0.29) is 0 Å². The number of pyridine rings is 2. The number of imidazole rings is 1. The molecule has 5 rings (SSSR count). The molecule has 134 valence electrons. The van der Waals surface area contributed by atoms with Gasteiger partial charge in [0.25, 0.3) is 0 Å². The zero-order valence-corrected chi connectivity index (χ0v) is 15.4. The van der Waals surface area contributed by atoms with Gasteiger partial charge in [0, 0.05) is 30.4 Å². The van der Waals surface area contributed by atoms with Crippen molar-refractivity contribution in [2.75, 3.05) is 18.0 Å². The molecule has 0 amide bonds. The van der Waals surface area contributed by atoms with E-state index in [1.807, 2.05) is 42.6 Å². The van der Waals surface area contributed by atoms with Gasteiger partial charge in [-0.1, -0.05) is 35.9 Å². The lowest BCUT2D eigenvalue weighted by molar-refractivity contribution is 0.949. The molecule has 1 saturated heterocycles. The number of rotatable bonds is 3. The topological polar surface area (TPSA) is 57.7 Å². The van der Waals surface area contributed by atoms with Crippen molar-refractivity contribution in [2.45, 2.75) is 12.8 Å². The van der Waals surface area contributed by atoms with E-state index < -0.39 is 0 Å². The van der Waals surface area contributed by atoms with Crippen LogP contribution in [0.3, 0.4) is 0 Å². The van der Waals surface area contributed by atoms with Crippen LogP contribution in [-0.2, 0) is 0 Å². The first-order valence-corrected chi connectivity index (χ1v) is 9.48. The van der Waals surface area contributed by atoms with Gasteiger partial charge in [0.2, 0.25) is 0 Å². The van der Waals surface area contributed by atoms with Crippen LogP contribution in [0.2, 0.25) is 5.02 Å². The quantitative estimate of drug-likeness (QED) is 0.551. The average molecular weight is 376 g/mol. The summed E-state index contributed by atoms with van der Waals surface area (Å²) < 4.78 is 0. The van der Waals surface area contributed by atoms with Gasteiger partial charge in [0.05, 0.1) is 28.1 Å². The number of anilines is 1. The molecule has 1 aliphatic heterocycles. The Hall–Kier alpha value is -2.92. The minimum Gasteiger partial charge on any atom is -0.370 e. The van der Waals surface area contributed by atoms with Gasteiger partial charge in [-0.3, -0.25) is 4.98 Å². The zero-order valence-electron chi connectivity index (χ0n) is 14.7. The number of benzene rings is 1. The van der Waals surface area contributed by atoms with E-state index in [9.17, 15) is 0 Å². The smallest absolute Gasteiger partial charge is 0.178 e. The molecule has 0 saturated carbocycles. The van der Waals surface area contributed by atoms with E-state index >= 15 is 0 Å². The molecule has 27 heavy (non-hydrogen) atoms. The SMILES string of the molecule is Clc1cccnc1-c1ccc(-c2nc3ncc(N4CCCC4)cc3[nH]2)cc1. The molecule has 1 aliphatic rings. The van der Waals surface area contributed by atoms with Crippen molar-refractivity contribution in [3.05, 3.63) is 59.9 Å². The summed E-state index contributed by atoms with van der Waals surface area (Å²) in [4.78, 5) is 19.3. The number of aromatic amines is 1. The molecule has 6 heteroatoms. The fourth-order valence-electron chi connectivity index (χ4n) is 3.56. The summed E-state index contributed by atoms with van der Waals surface area (Å²) in [7, 11) is 0. The fourth-order valence-corrected chi connectivity index (χ4v) is 3.79. The molecule has 1 fully saturated rings. The molecule has 3 aromatic heterocycles. The Balaban J connectivity index is 1.47. The van der Waals surface area contributed by atoms with Crippen LogP contribution in [0.4, 0.5) is 5.69 Å².